The Kier molecular flexibility index (Phi) is 8.41. The van der Waals surface area contributed by atoms with E-state index in [2.05, 4.69) is 5.32 Å². The molecular formula is C28H31FN2O6S. The molecule has 10 heteroatoms. The fourth-order valence-electron chi connectivity index (χ4n) is 4.19. The number of nitrogens with zero attached hydrogens (tertiary/aromatic N) is 1. The van der Waals surface area contributed by atoms with Gasteiger partial charge >= 0.3 is 0 Å². The van der Waals surface area contributed by atoms with Crippen LogP contribution in [0.5, 0.6) is 17.2 Å². The first-order chi connectivity index (χ1) is 18.2. The van der Waals surface area contributed by atoms with Gasteiger partial charge in [0.25, 0.3) is 10.0 Å². The van der Waals surface area contributed by atoms with Gasteiger partial charge in [0.2, 0.25) is 5.91 Å². The number of rotatable bonds is 10. The van der Waals surface area contributed by atoms with Gasteiger partial charge in [-0.25, -0.2) is 12.8 Å². The third-order valence-corrected chi connectivity index (χ3v) is 7.83. The zero-order chi connectivity index (χ0) is 27.3. The summed E-state index contributed by atoms with van der Waals surface area (Å²) in [6.07, 6.45) is 0.642. The molecule has 0 saturated carbocycles. The number of sulfonamides is 1. The van der Waals surface area contributed by atoms with Crippen LogP contribution in [0.3, 0.4) is 0 Å². The number of carbonyl (C=O) groups excluding carboxylic acids is 1. The van der Waals surface area contributed by atoms with Gasteiger partial charge in [0.15, 0.2) is 11.5 Å². The molecule has 1 atom stereocenters. The third kappa shape index (κ3) is 6.36. The van der Waals surface area contributed by atoms with Crippen LogP contribution in [0.1, 0.15) is 31.9 Å². The lowest BCUT2D eigenvalue weighted by Crippen LogP contribution is -2.42. The smallest absolute Gasteiger partial charge is 0.264 e. The lowest BCUT2D eigenvalue weighted by Gasteiger charge is -2.27. The summed E-state index contributed by atoms with van der Waals surface area (Å²) in [5.74, 6) is 0.673. The van der Waals surface area contributed by atoms with Crippen LogP contribution in [0.2, 0.25) is 0 Å². The van der Waals surface area contributed by atoms with Crippen molar-refractivity contribution in [1.82, 2.24) is 5.32 Å². The molecule has 1 N–H and O–H groups in total. The number of fused-ring (bicyclic) bond motifs is 1. The minimum Gasteiger partial charge on any atom is -0.497 e. The van der Waals surface area contributed by atoms with Crippen molar-refractivity contribution < 1.29 is 31.8 Å². The van der Waals surface area contributed by atoms with E-state index in [0.717, 1.165) is 22.0 Å². The molecule has 0 spiro atoms. The molecule has 0 bridgehead atoms. The molecule has 0 saturated heterocycles. The SMILES string of the molecule is COc1ccc(C(CC(C)C)NC(=O)CN(c2ccc(F)cc2)S(=O)(=O)c2ccc3c(c2)OCCO3)cc1. The fraction of sp³-hybridized carbons (Fsp3) is 0.321. The van der Waals surface area contributed by atoms with Crippen molar-refractivity contribution in [2.24, 2.45) is 5.92 Å². The van der Waals surface area contributed by atoms with Crippen LogP contribution >= 0.6 is 0 Å². The second-order valence-corrected chi connectivity index (χ2v) is 11.2. The number of hydrogen-bond acceptors (Lipinski definition) is 6. The van der Waals surface area contributed by atoms with Crippen molar-refractivity contribution in [1.29, 1.82) is 0 Å². The molecule has 1 heterocycles. The van der Waals surface area contributed by atoms with E-state index in [1.54, 1.807) is 7.11 Å². The van der Waals surface area contributed by atoms with Crippen LogP contribution in [0.4, 0.5) is 10.1 Å². The summed E-state index contributed by atoms with van der Waals surface area (Å²) >= 11 is 0. The Morgan fingerprint density at radius 1 is 1.00 bits per heavy atom. The molecule has 0 aromatic heterocycles. The van der Waals surface area contributed by atoms with Crippen molar-refractivity contribution >= 4 is 21.6 Å². The van der Waals surface area contributed by atoms with Crippen molar-refractivity contribution in [2.75, 3.05) is 31.2 Å². The summed E-state index contributed by atoms with van der Waals surface area (Å²) in [6, 6.07) is 16.3. The summed E-state index contributed by atoms with van der Waals surface area (Å²) < 4.78 is 58.5. The predicted molar refractivity (Wildman–Crippen MR) is 142 cm³/mol. The minimum atomic E-state index is -4.23. The lowest BCUT2D eigenvalue weighted by atomic mass is 9.97. The van der Waals surface area contributed by atoms with Gasteiger partial charge in [-0.3, -0.25) is 9.10 Å². The molecule has 1 unspecified atom stereocenters. The number of halogens is 1. The maximum atomic E-state index is 13.8. The van der Waals surface area contributed by atoms with Gasteiger partial charge in [0.05, 0.1) is 23.7 Å². The normalized spacial score (nSPS) is 13.6. The summed E-state index contributed by atoms with van der Waals surface area (Å²) in [7, 11) is -2.65. The van der Waals surface area contributed by atoms with Crippen molar-refractivity contribution in [2.45, 2.75) is 31.2 Å². The van der Waals surface area contributed by atoms with Gasteiger partial charge in [-0.15, -0.1) is 0 Å². The average molecular weight is 543 g/mol. The first kappa shape index (κ1) is 27.3. The maximum Gasteiger partial charge on any atom is 0.264 e. The van der Waals surface area contributed by atoms with Crippen LogP contribution < -0.4 is 23.8 Å². The first-order valence-corrected chi connectivity index (χ1v) is 13.7. The fourth-order valence-corrected chi connectivity index (χ4v) is 5.63. The van der Waals surface area contributed by atoms with E-state index in [4.69, 9.17) is 14.2 Å². The number of carbonyl (C=O) groups is 1. The number of methoxy groups -OCH3 is 1. The Bertz CT molecular complexity index is 1360. The van der Waals surface area contributed by atoms with Crippen LogP contribution in [-0.4, -0.2) is 41.2 Å². The number of anilines is 1. The van der Waals surface area contributed by atoms with E-state index in [-0.39, 0.29) is 22.5 Å². The molecule has 202 valence electrons. The van der Waals surface area contributed by atoms with Crippen LogP contribution in [0.15, 0.2) is 71.6 Å². The molecule has 0 aliphatic carbocycles. The van der Waals surface area contributed by atoms with Gasteiger partial charge < -0.3 is 19.5 Å². The topological polar surface area (TPSA) is 94.2 Å². The second-order valence-electron chi connectivity index (χ2n) is 9.32. The van der Waals surface area contributed by atoms with Crippen LogP contribution in [-0.2, 0) is 14.8 Å². The summed E-state index contributed by atoms with van der Waals surface area (Å²) in [6.45, 7) is 4.24. The highest BCUT2D eigenvalue weighted by molar-refractivity contribution is 7.92. The predicted octanol–water partition coefficient (Wildman–Crippen LogP) is 4.70. The average Bonchev–Trinajstić information content (AvgIpc) is 2.91. The Morgan fingerprint density at radius 2 is 1.66 bits per heavy atom. The quantitative estimate of drug-likeness (QED) is 0.399. The highest BCUT2D eigenvalue weighted by atomic mass is 32.2. The highest BCUT2D eigenvalue weighted by Crippen LogP contribution is 2.34. The van der Waals surface area contributed by atoms with Gasteiger partial charge in [-0.2, -0.15) is 0 Å². The minimum absolute atomic E-state index is 0.0761. The second kappa shape index (κ2) is 11.7. The Labute approximate surface area is 222 Å². The number of nitrogens with one attached hydrogen (secondary N) is 1. The molecule has 3 aromatic carbocycles. The number of amides is 1. The van der Waals surface area contributed by atoms with E-state index in [0.29, 0.717) is 36.9 Å². The molecule has 38 heavy (non-hydrogen) atoms. The van der Waals surface area contributed by atoms with Gasteiger partial charge in [0, 0.05) is 6.07 Å². The Morgan fingerprint density at radius 3 is 2.29 bits per heavy atom. The highest BCUT2D eigenvalue weighted by Gasteiger charge is 2.30. The molecule has 0 radical (unpaired) electrons. The van der Waals surface area contributed by atoms with Crippen molar-refractivity contribution in [3.05, 3.63) is 78.1 Å². The Hall–Kier alpha value is -3.79. The number of ether oxygens (including phenoxy) is 3. The monoisotopic (exact) mass is 542 g/mol. The van der Waals surface area contributed by atoms with E-state index in [1.807, 2.05) is 38.1 Å². The summed E-state index contributed by atoms with van der Waals surface area (Å²) in [5.41, 5.74) is 1.03. The van der Waals surface area contributed by atoms with E-state index in [1.165, 1.54) is 30.3 Å². The van der Waals surface area contributed by atoms with Crippen molar-refractivity contribution in [3.8, 4) is 17.2 Å². The first-order valence-electron chi connectivity index (χ1n) is 12.3. The van der Waals surface area contributed by atoms with Gasteiger partial charge in [0.1, 0.15) is 31.3 Å². The molecule has 0 fully saturated rings. The third-order valence-electron chi connectivity index (χ3n) is 6.06. The molecule has 3 aromatic rings. The number of benzene rings is 3. The summed E-state index contributed by atoms with van der Waals surface area (Å²) in [5, 5.41) is 2.98. The van der Waals surface area contributed by atoms with Crippen LogP contribution in [0, 0.1) is 11.7 Å². The molecule has 4 rings (SSSR count). The van der Waals surface area contributed by atoms with Gasteiger partial charge in [-0.1, -0.05) is 26.0 Å². The molecule has 1 aliphatic rings. The molecule has 1 aliphatic heterocycles. The Balaban J connectivity index is 1.63. The number of hydrogen-bond donors (Lipinski definition) is 1. The zero-order valence-corrected chi connectivity index (χ0v) is 22.3. The largest absolute Gasteiger partial charge is 0.497 e. The molecular weight excluding hydrogens is 511 g/mol. The van der Waals surface area contributed by atoms with E-state index in [9.17, 15) is 17.6 Å². The molecule has 1 amide bonds. The van der Waals surface area contributed by atoms with Crippen molar-refractivity contribution in [3.63, 3.8) is 0 Å². The zero-order valence-electron chi connectivity index (χ0n) is 21.5. The molecule has 8 nitrogen and oxygen atoms in total. The van der Waals surface area contributed by atoms with Gasteiger partial charge in [-0.05, 0) is 66.4 Å². The van der Waals surface area contributed by atoms with Crippen LogP contribution in [0.25, 0.3) is 0 Å². The van der Waals surface area contributed by atoms with E-state index >= 15 is 0 Å². The maximum absolute atomic E-state index is 13.8. The summed E-state index contributed by atoms with van der Waals surface area (Å²) in [4.78, 5) is 13.3. The lowest BCUT2D eigenvalue weighted by molar-refractivity contribution is -0.120. The standard InChI is InChI=1S/C28H31FN2O6S/c1-19(2)16-25(20-4-10-23(35-3)11-5-20)30-28(32)18-31(22-8-6-21(29)7-9-22)38(33,34)24-12-13-26-27(17-24)37-15-14-36-26/h4-13,17,19,25H,14-16,18H2,1-3H3,(H,30,32). The van der Waals surface area contributed by atoms with E-state index < -0.39 is 28.3 Å².